The molecule has 1 fully saturated rings. The number of carboxylic acid groups (broad SMARTS) is 1. The minimum atomic E-state index is -4.23. The van der Waals surface area contributed by atoms with Crippen LogP contribution in [0.4, 0.5) is 19.3 Å². The van der Waals surface area contributed by atoms with Gasteiger partial charge in [-0.05, 0) is 85.8 Å². The average molecular weight is 617 g/mol. The second-order valence-corrected chi connectivity index (χ2v) is 11.5. The minimum absolute atomic E-state index is 0.0190. The van der Waals surface area contributed by atoms with Crippen molar-refractivity contribution in [3.8, 4) is 11.5 Å². The SMILES string of the molecule is O=C(CNC(=O)c1ccc(S(=O)(=O)Nc2cc(F)ccc2Oc2ccc(F)cc2)cc1)NCCC1CCN(C(=O)O)CC1. The summed E-state index contributed by atoms with van der Waals surface area (Å²) in [6, 6.07) is 13.1. The normalized spacial score (nSPS) is 13.7. The predicted molar refractivity (Wildman–Crippen MR) is 152 cm³/mol. The molecule has 1 aliphatic rings. The van der Waals surface area contributed by atoms with Gasteiger partial charge in [-0.15, -0.1) is 0 Å². The fourth-order valence-electron chi connectivity index (χ4n) is 4.44. The van der Waals surface area contributed by atoms with E-state index in [9.17, 15) is 31.6 Å². The molecule has 228 valence electrons. The molecule has 0 radical (unpaired) electrons. The van der Waals surface area contributed by atoms with Crippen LogP contribution in [0.15, 0.2) is 71.6 Å². The zero-order valence-electron chi connectivity index (χ0n) is 22.9. The Kier molecular flexibility index (Phi) is 10.1. The van der Waals surface area contributed by atoms with Crippen molar-refractivity contribution in [2.24, 2.45) is 5.92 Å². The molecule has 0 aliphatic carbocycles. The monoisotopic (exact) mass is 616 g/mol. The van der Waals surface area contributed by atoms with Gasteiger partial charge in [0.25, 0.3) is 15.9 Å². The highest BCUT2D eigenvalue weighted by Gasteiger charge is 2.22. The smallest absolute Gasteiger partial charge is 0.407 e. The molecule has 0 unspecified atom stereocenters. The number of halogens is 2. The van der Waals surface area contributed by atoms with E-state index < -0.39 is 39.6 Å². The molecule has 1 heterocycles. The molecule has 0 saturated carbocycles. The number of piperidine rings is 1. The lowest BCUT2D eigenvalue weighted by atomic mass is 9.94. The Morgan fingerprint density at radius 3 is 2.21 bits per heavy atom. The van der Waals surface area contributed by atoms with Crippen LogP contribution in [0.2, 0.25) is 0 Å². The van der Waals surface area contributed by atoms with Gasteiger partial charge in [0.1, 0.15) is 17.4 Å². The Morgan fingerprint density at radius 1 is 0.907 bits per heavy atom. The van der Waals surface area contributed by atoms with Gasteiger partial charge in [0.05, 0.1) is 17.1 Å². The van der Waals surface area contributed by atoms with Crippen LogP contribution in [-0.4, -0.2) is 62.5 Å². The highest BCUT2D eigenvalue weighted by molar-refractivity contribution is 7.92. The molecule has 11 nitrogen and oxygen atoms in total. The molecule has 0 aromatic heterocycles. The molecule has 3 aromatic rings. The fraction of sp³-hybridized carbons (Fsp3) is 0.276. The number of benzene rings is 3. The van der Waals surface area contributed by atoms with E-state index in [0.717, 1.165) is 37.1 Å². The standard InChI is InChI=1S/C29H30F2N4O7S/c30-21-3-6-23(7-4-21)42-26-10-5-22(31)17-25(26)34-43(40,41)24-8-1-20(2-9-24)28(37)33-18-27(36)32-14-11-19-12-15-35(16-13-19)29(38)39/h1-10,17,19,34H,11-16,18H2,(H,32,36)(H,33,37)(H,38,39). The van der Waals surface area contributed by atoms with E-state index in [2.05, 4.69) is 15.4 Å². The number of nitrogens with one attached hydrogen (secondary N) is 3. The van der Waals surface area contributed by atoms with Crippen molar-refractivity contribution in [1.29, 1.82) is 0 Å². The summed E-state index contributed by atoms with van der Waals surface area (Å²) in [6.07, 6.45) is 1.23. The Hall–Kier alpha value is -4.72. The van der Waals surface area contributed by atoms with Gasteiger partial charge in [-0.25, -0.2) is 22.0 Å². The van der Waals surface area contributed by atoms with E-state index in [-0.39, 0.29) is 34.2 Å². The highest BCUT2D eigenvalue weighted by atomic mass is 32.2. The fourth-order valence-corrected chi connectivity index (χ4v) is 5.50. The number of rotatable bonds is 11. The first kappa shape index (κ1) is 31.2. The second-order valence-electron chi connectivity index (χ2n) is 9.86. The number of anilines is 1. The maximum absolute atomic E-state index is 13.9. The van der Waals surface area contributed by atoms with Crippen molar-refractivity contribution in [2.45, 2.75) is 24.2 Å². The van der Waals surface area contributed by atoms with Crippen LogP contribution in [0.25, 0.3) is 0 Å². The number of sulfonamides is 1. The molecule has 1 saturated heterocycles. The van der Waals surface area contributed by atoms with Gasteiger partial charge in [-0.2, -0.15) is 0 Å². The molecule has 0 spiro atoms. The highest BCUT2D eigenvalue weighted by Crippen LogP contribution is 2.32. The quantitative estimate of drug-likeness (QED) is 0.252. The van der Waals surface area contributed by atoms with Crippen LogP contribution >= 0.6 is 0 Å². The number of likely N-dealkylation sites (tertiary alicyclic amines) is 1. The van der Waals surface area contributed by atoms with Crippen molar-refractivity contribution >= 4 is 33.6 Å². The Bertz CT molecular complexity index is 1560. The summed E-state index contributed by atoms with van der Waals surface area (Å²) in [5.74, 6) is -1.70. The number of amides is 3. The van der Waals surface area contributed by atoms with E-state index in [0.29, 0.717) is 32.0 Å². The topological polar surface area (TPSA) is 154 Å². The van der Waals surface area contributed by atoms with Crippen molar-refractivity contribution in [2.75, 3.05) is 30.9 Å². The van der Waals surface area contributed by atoms with Gasteiger partial charge in [-0.1, -0.05) is 0 Å². The van der Waals surface area contributed by atoms with Crippen LogP contribution in [0.5, 0.6) is 11.5 Å². The van der Waals surface area contributed by atoms with Crippen molar-refractivity contribution in [3.05, 3.63) is 83.9 Å². The van der Waals surface area contributed by atoms with Crippen LogP contribution < -0.4 is 20.1 Å². The summed E-state index contributed by atoms with van der Waals surface area (Å²) in [7, 11) is -4.23. The van der Waals surface area contributed by atoms with Crippen LogP contribution in [0.3, 0.4) is 0 Å². The molecule has 14 heteroatoms. The number of carbonyl (C=O) groups is 3. The summed E-state index contributed by atoms with van der Waals surface area (Å²) >= 11 is 0. The van der Waals surface area contributed by atoms with Gasteiger partial charge in [0.2, 0.25) is 5.91 Å². The molecular formula is C29H30F2N4O7S. The van der Waals surface area contributed by atoms with Crippen LogP contribution in [0, 0.1) is 17.6 Å². The summed E-state index contributed by atoms with van der Waals surface area (Å²) in [5.41, 5.74) is -0.0779. The molecule has 4 N–H and O–H groups in total. The molecule has 1 aliphatic heterocycles. The van der Waals surface area contributed by atoms with Gasteiger partial charge in [0, 0.05) is 31.3 Å². The van der Waals surface area contributed by atoms with Gasteiger partial charge in [0.15, 0.2) is 5.75 Å². The molecule has 3 aromatic carbocycles. The van der Waals surface area contributed by atoms with E-state index >= 15 is 0 Å². The molecule has 0 bridgehead atoms. The molecular weight excluding hydrogens is 586 g/mol. The van der Waals surface area contributed by atoms with Crippen molar-refractivity contribution in [1.82, 2.24) is 15.5 Å². The minimum Gasteiger partial charge on any atom is -0.465 e. The van der Waals surface area contributed by atoms with E-state index in [1.54, 1.807) is 0 Å². The summed E-state index contributed by atoms with van der Waals surface area (Å²) < 4.78 is 61.0. The lowest BCUT2D eigenvalue weighted by Gasteiger charge is -2.29. The number of hydrogen-bond donors (Lipinski definition) is 4. The summed E-state index contributed by atoms with van der Waals surface area (Å²) in [5, 5.41) is 14.2. The Labute approximate surface area is 246 Å². The van der Waals surface area contributed by atoms with Crippen molar-refractivity contribution < 1.29 is 41.4 Å². The number of ether oxygens (including phenoxy) is 1. The zero-order valence-corrected chi connectivity index (χ0v) is 23.7. The first-order valence-electron chi connectivity index (χ1n) is 13.4. The molecule has 3 amide bonds. The second kappa shape index (κ2) is 14.0. The third-order valence-electron chi connectivity index (χ3n) is 6.82. The first-order valence-corrected chi connectivity index (χ1v) is 14.9. The number of carbonyl (C=O) groups excluding carboxylic acids is 2. The van der Waals surface area contributed by atoms with E-state index in [1.807, 2.05) is 0 Å². The molecule has 43 heavy (non-hydrogen) atoms. The van der Waals surface area contributed by atoms with Gasteiger partial charge >= 0.3 is 6.09 Å². The van der Waals surface area contributed by atoms with Crippen molar-refractivity contribution in [3.63, 3.8) is 0 Å². The zero-order chi connectivity index (χ0) is 31.0. The maximum Gasteiger partial charge on any atom is 0.407 e. The Balaban J connectivity index is 1.28. The Morgan fingerprint density at radius 2 is 1.56 bits per heavy atom. The van der Waals surface area contributed by atoms with E-state index in [4.69, 9.17) is 9.84 Å². The lowest BCUT2D eigenvalue weighted by molar-refractivity contribution is -0.120. The maximum atomic E-state index is 13.9. The average Bonchev–Trinajstić information content (AvgIpc) is 2.98. The first-order chi connectivity index (χ1) is 20.5. The van der Waals surface area contributed by atoms with Crippen LogP contribution in [0.1, 0.15) is 29.6 Å². The molecule has 0 atom stereocenters. The third kappa shape index (κ3) is 8.88. The van der Waals surface area contributed by atoms with E-state index in [1.165, 1.54) is 47.4 Å². The van der Waals surface area contributed by atoms with Gasteiger partial charge in [-0.3, -0.25) is 14.3 Å². The molecule has 4 rings (SSSR count). The van der Waals surface area contributed by atoms with Crippen LogP contribution in [-0.2, 0) is 14.8 Å². The lowest BCUT2D eigenvalue weighted by Crippen LogP contribution is -2.40. The summed E-state index contributed by atoms with van der Waals surface area (Å²) in [4.78, 5) is 36.8. The predicted octanol–water partition coefficient (Wildman–Crippen LogP) is 4.18. The van der Waals surface area contributed by atoms with Gasteiger partial charge < -0.3 is 25.4 Å². The largest absolute Gasteiger partial charge is 0.465 e. The number of hydrogen-bond acceptors (Lipinski definition) is 6. The summed E-state index contributed by atoms with van der Waals surface area (Å²) in [6.45, 7) is 1.05. The number of nitrogens with zero attached hydrogens (tertiary/aromatic N) is 1. The third-order valence-corrected chi connectivity index (χ3v) is 8.20.